The number of pyridine rings is 1. The Labute approximate surface area is 153 Å². The molecule has 10 heteroatoms. The highest BCUT2D eigenvalue weighted by atomic mass is 16.5. The van der Waals surface area contributed by atoms with Gasteiger partial charge in [0.1, 0.15) is 5.82 Å². The van der Waals surface area contributed by atoms with Crippen LogP contribution in [0, 0.1) is 0 Å². The molecular weight excluding hydrogens is 346 g/mol. The van der Waals surface area contributed by atoms with Crippen molar-refractivity contribution in [1.82, 2.24) is 30.1 Å². The molecule has 0 radical (unpaired) electrons. The summed E-state index contributed by atoms with van der Waals surface area (Å²) in [5, 5.41) is 3.93. The Kier molecular flexibility index (Phi) is 4.05. The van der Waals surface area contributed by atoms with Crippen molar-refractivity contribution in [3.63, 3.8) is 0 Å². The van der Waals surface area contributed by atoms with Crippen molar-refractivity contribution in [1.29, 1.82) is 0 Å². The van der Waals surface area contributed by atoms with Crippen LogP contribution in [0.3, 0.4) is 0 Å². The highest BCUT2D eigenvalue weighted by molar-refractivity contribution is 5.60. The molecule has 0 unspecified atom stereocenters. The van der Waals surface area contributed by atoms with E-state index in [9.17, 15) is 0 Å². The zero-order chi connectivity index (χ0) is 18.8. The number of para-hydroxylation sites is 1. The van der Waals surface area contributed by atoms with Gasteiger partial charge in [-0.15, -0.1) is 0 Å². The number of nitrogens with zero attached hydrogens (tertiary/aromatic N) is 7. The summed E-state index contributed by atoms with van der Waals surface area (Å²) < 4.78 is 5.27. The van der Waals surface area contributed by atoms with Crippen LogP contribution in [0.4, 0.5) is 23.4 Å². The van der Waals surface area contributed by atoms with E-state index in [2.05, 4.69) is 30.1 Å². The molecule has 0 bridgehead atoms. The van der Waals surface area contributed by atoms with E-state index in [1.54, 1.807) is 23.2 Å². The molecule has 3 heterocycles. The van der Waals surface area contributed by atoms with Crippen molar-refractivity contribution < 1.29 is 4.52 Å². The maximum absolute atomic E-state index is 5.85. The first-order chi connectivity index (χ1) is 13.1. The number of hydrogen-bond donors (Lipinski definition) is 2. The summed E-state index contributed by atoms with van der Waals surface area (Å²) in [6.07, 6.45) is 1.54. The van der Waals surface area contributed by atoms with Gasteiger partial charge in [0.25, 0.3) is 5.89 Å². The third kappa shape index (κ3) is 3.35. The number of hydrogen-bond acceptors (Lipinski definition) is 10. The maximum atomic E-state index is 5.85. The fraction of sp³-hybridized carbons (Fsp3) is 0.0588. The van der Waals surface area contributed by atoms with Crippen molar-refractivity contribution in [2.45, 2.75) is 0 Å². The van der Waals surface area contributed by atoms with Gasteiger partial charge in [-0.2, -0.15) is 19.9 Å². The standard InChI is InChI=1S/C17H15N9O/c1-26(11-5-3-2-4-6-11)17-23-13(22-16(19)24-17)14-21-15(27-25-14)10-7-8-12(18)20-9-10/h2-9H,1H3,(H2,18,20)(H2,19,22,23,24). The van der Waals surface area contributed by atoms with E-state index in [1.165, 1.54) is 0 Å². The van der Waals surface area contributed by atoms with Crippen LogP contribution in [0.5, 0.6) is 0 Å². The van der Waals surface area contributed by atoms with Crippen molar-refractivity contribution in [2.75, 3.05) is 23.4 Å². The third-order valence-electron chi connectivity index (χ3n) is 3.74. The molecule has 134 valence electrons. The SMILES string of the molecule is CN(c1ccccc1)c1nc(N)nc(-c2noc(-c3ccc(N)nc3)n2)n1. The van der Waals surface area contributed by atoms with Gasteiger partial charge in [0, 0.05) is 18.9 Å². The van der Waals surface area contributed by atoms with Gasteiger partial charge in [0.15, 0.2) is 0 Å². The molecule has 0 spiro atoms. The van der Waals surface area contributed by atoms with E-state index in [0.29, 0.717) is 17.3 Å². The molecule has 0 aliphatic carbocycles. The molecule has 0 fully saturated rings. The van der Waals surface area contributed by atoms with Crippen LogP contribution in [0.2, 0.25) is 0 Å². The van der Waals surface area contributed by atoms with Crippen molar-refractivity contribution in [2.24, 2.45) is 0 Å². The fourth-order valence-electron chi connectivity index (χ4n) is 2.36. The van der Waals surface area contributed by atoms with Crippen molar-refractivity contribution >= 4 is 23.4 Å². The molecule has 3 aromatic heterocycles. The van der Waals surface area contributed by atoms with Crippen LogP contribution < -0.4 is 16.4 Å². The minimum atomic E-state index is 0.0540. The monoisotopic (exact) mass is 361 g/mol. The summed E-state index contributed by atoms with van der Waals surface area (Å²) >= 11 is 0. The average molecular weight is 361 g/mol. The molecule has 0 saturated carbocycles. The molecule has 1 aromatic carbocycles. The summed E-state index contributed by atoms with van der Waals surface area (Å²) in [5.74, 6) is 1.49. The molecule has 0 amide bonds. The average Bonchev–Trinajstić information content (AvgIpc) is 3.18. The molecule has 0 aliphatic rings. The molecule has 27 heavy (non-hydrogen) atoms. The Morgan fingerprint density at radius 2 is 1.70 bits per heavy atom. The van der Waals surface area contributed by atoms with Crippen LogP contribution in [0.1, 0.15) is 0 Å². The number of nitrogens with two attached hydrogens (primary N) is 2. The van der Waals surface area contributed by atoms with Crippen LogP contribution >= 0.6 is 0 Å². The van der Waals surface area contributed by atoms with Gasteiger partial charge in [-0.05, 0) is 24.3 Å². The number of rotatable bonds is 4. The van der Waals surface area contributed by atoms with E-state index < -0.39 is 0 Å². The molecule has 4 aromatic rings. The lowest BCUT2D eigenvalue weighted by atomic mass is 10.3. The predicted molar refractivity (Wildman–Crippen MR) is 99.7 cm³/mol. The minimum absolute atomic E-state index is 0.0540. The number of aromatic nitrogens is 6. The van der Waals surface area contributed by atoms with Crippen LogP contribution in [-0.4, -0.2) is 37.1 Å². The van der Waals surface area contributed by atoms with Gasteiger partial charge in [0.05, 0.1) is 5.56 Å². The van der Waals surface area contributed by atoms with Crippen LogP contribution in [0.15, 0.2) is 53.2 Å². The van der Waals surface area contributed by atoms with Gasteiger partial charge >= 0.3 is 0 Å². The first-order valence-electron chi connectivity index (χ1n) is 7.96. The lowest BCUT2D eigenvalue weighted by Gasteiger charge is -2.17. The summed E-state index contributed by atoms with van der Waals surface area (Å²) in [6.45, 7) is 0. The molecule has 10 nitrogen and oxygen atoms in total. The van der Waals surface area contributed by atoms with E-state index in [0.717, 1.165) is 5.69 Å². The quantitative estimate of drug-likeness (QED) is 0.552. The highest BCUT2D eigenvalue weighted by Crippen LogP contribution is 2.24. The van der Waals surface area contributed by atoms with Gasteiger partial charge in [-0.1, -0.05) is 23.4 Å². The second-order valence-electron chi connectivity index (χ2n) is 5.61. The summed E-state index contributed by atoms with van der Waals surface area (Å²) in [6, 6.07) is 13.0. The minimum Gasteiger partial charge on any atom is -0.384 e. The first kappa shape index (κ1) is 16.4. The summed E-state index contributed by atoms with van der Waals surface area (Å²) in [4.78, 5) is 22.8. The zero-order valence-electron chi connectivity index (χ0n) is 14.3. The van der Waals surface area contributed by atoms with Crippen LogP contribution in [-0.2, 0) is 0 Å². The number of anilines is 4. The van der Waals surface area contributed by atoms with E-state index in [1.807, 2.05) is 37.4 Å². The molecule has 0 aliphatic heterocycles. The normalized spacial score (nSPS) is 10.7. The van der Waals surface area contributed by atoms with Gasteiger partial charge < -0.3 is 20.9 Å². The Morgan fingerprint density at radius 1 is 0.889 bits per heavy atom. The van der Waals surface area contributed by atoms with Crippen LogP contribution in [0.25, 0.3) is 23.1 Å². The fourth-order valence-corrected chi connectivity index (χ4v) is 2.36. The Balaban J connectivity index is 1.69. The molecule has 4 rings (SSSR count). The van der Waals surface area contributed by atoms with Gasteiger partial charge in [0.2, 0.25) is 23.5 Å². The lowest BCUT2D eigenvalue weighted by Crippen LogP contribution is -2.15. The van der Waals surface area contributed by atoms with Crippen molar-refractivity contribution in [3.8, 4) is 23.1 Å². The molecule has 4 N–H and O–H groups in total. The number of nitrogen functional groups attached to an aromatic ring is 2. The smallest absolute Gasteiger partial charge is 0.259 e. The summed E-state index contributed by atoms with van der Waals surface area (Å²) in [7, 11) is 1.83. The maximum Gasteiger partial charge on any atom is 0.259 e. The van der Waals surface area contributed by atoms with Crippen molar-refractivity contribution in [3.05, 3.63) is 48.7 Å². The Bertz CT molecular complexity index is 1060. The zero-order valence-corrected chi connectivity index (χ0v) is 14.3. The van der Waals surface area contributed by atoms with Gasteiger partial charge in [-0.3, -0.25) is 0 Å². The summed E-state index contributed by atoms with van der Waals surface area (Å²) in [5.41, 5.74) is 13.0. The van der Waals surface area contributed by atoms with E-state index in [-0.39, 0.29) is 23.5 Å². The van der Waals surface area contributed by atoms with E-state index >= 15 is 0 Å². The predicted octanol–water partition coefficient (Wildman–Crippen LogP) is 1.92. The van der Waals surface area contributed by atoms with Gasteiger partial charge in [-0.25, -0.2) is 4.98 Å². The number of benzene rings is 1. The molecule has 0 atom stereocenters. The lowest BCUT2D eigenvalue weighted by molar-refractivity contribution is 0.431. The highest BCUT2D eigenvalue weighted by Gasteiger charge is 2.17. The molecular formula is C17H15N9O. The first-order valence-corrected chi connectivity index (χ1v) is 7.96. The Morgan fingerprint density at radius 3 is 2.44 bits per heavy atom. The molecule has 0 saturated heterocycles. The third-order valence-corrected chi connectivity index (χ3v) is 3.74. The van der Waals surface area contributed by atoms with E-state index in [4.69, 9.17) is 16.0 Å². The second-order valence-corrected chi connectivity index (χ2v) is 5.61. The Hall–Kier alpha value is -4.08. The topological polar surface area (TPSA) is 146 Å². The largest absolute Gasteiger partial charge is 0.384 e. The second kappa shape index (κ2) is 6.67.